The van der Waals surface area contributed by atoms with Crippen molar-refractivity contribution >= 4 is 21.5 Å². The maximum Gasteiger partial charge on any atom is 0.406 e. The number of carbonyl (C=O) groups excluding carboxylic acids is 1. The number of rotatable bonds is 21. The van der Waals surface area contributed by atoms with E-state index >= 15 is 0 Å². The molecule has 322 valence electrons. The molecule has 9 atom stereocenters. The molecule has 0 amide bonds. The summed E-state index contributed by atoms with van der Waals surface area (Å²) in [5.41, 5.74) is -2.00. The molecule has 0 aromatic carbocycles. The van der Waals surface area contributed by atoms with Crippen LogP contribution in [0.1, 0.15) is 83.4 Å². The highest BCUT2D eigenvalue weighted by atomic mass is 31.2. The molecule has 0 radical (unpaired) electrons. The molecule has 24 heteroatoms. The molecule has 4 heterocycles. The smallest absolute Gasteiger partial charge is 0.406 e. The van der Waals surface area contributed by atoms with E-state index in [1.54, 1.807) is 27.7 Å². The first kappa shape index (κ1) is 46.6. The summed E-state index contributed by atoms with van der Waals surface area (Å²) in [6, 6.07) is -1.19. The first-order valence-electron chi connectivity index (χ1n) is 18.5. The van der Waals surface area contributed by atoms with Crippen molar-refractivity contribution in [2.75, 3.05) is 26.9 Å². The number of nitrogens with one attached hydrogen (secondary N) is 4. The second-order valence-electron chi connectivity index (χ2n) is 14.3. The first-order valence-corrected chi connectivity index (χ1v) is 21.6. The fourth-order valence-corrected chi connectivity index (χ4v) is 9.31. The Hall–Kier alpha value is -3.11. The summed E-state index contributed by atoms with van der Waals surface area (Å²) in [6.45, 7) is 8.80. The molecule has 2 saturated heterocycles. The average Bonchev–Trinajstić information content (AvgIpc) is 3.68. The number of aryl methyl sites for hydroxylation is 2. The highest BCUT2D eigenvalue weighted by molar-refractivity contribution is 7.52. The number of carbonyl (C=O) groups is 1. The number of hydrogen-bond acceptors (Lipinski definition) is 16. The molecule has 0 spiro atoms. The predicted molar refractivity (Wildman–Crippen MR) is 202 cm³/mol. The second-order valence-corrected chi connectivity index (χ2v) is 17.8. The third-order valence-corrected chi connectivity index (χ3v) is 12.5. The lowest BCUT2D eigenvalue weighted by Gasteiger charge is -2.27. The van der Waals surface area contributed by atoms with Crippen LogP contribution < -0.4 is 32.7 Å². The number of H-pyrrole nitrogens is 2. The lowest BCUT2D eigenvalue weighted by molar-refractivity contribution is -0.143. The predicted octanol–water partition coefficient (Wildman–Crippen LogP) is 0.991. The van der Waals surface area contributed by atoms with Crippen LogP contribution in [0.15, 0.2) is 31.6 Å². The van der Waals surface area contributed by atoms with Gasteiger partial charge in [0, 0.05) is 42.9 Å². The van der Waals surface area contributed by atoms with E-state index < -0.39 is 106 Å². The standard InChI is InChI=1S/C33H54N6O16P2/c1-18(2)54-56(47,50-16-25-23(40)12-27(52-25)38-14-20(5)29(42)35-32(38)45)34-11-9-8-10-22(31(44)49-7)37-57(48,55-19(3)4)51-17-26-24(41)13-28(53-26)39-15-21(6)30(43)36-33(39)46/h14-15,18-19,22-28,40-41H,8-13,16-17H2,1-7H3,(H,34,47)(H,37,48)(H,35,42,45)(H,36,43,46)/t22-,23-,24-,25+,26+,27+,28+,56?,57?/m0/s1. The summed E-state index contributed by atoms with van der Waals surface area (Å²) in [6.07, 6.45) is -4.00. The normalized spacial score (nSPS) is 25.1. The van der Waals surface area contributed by atoms with Gasteiger partial charge in [-0.05, 0) is 54.4 Å². The number of unbranched alkanes of at least 4 members (excludes halogenated alkanes) is 1. The Morgan fingerprint density at radius 2 is 1.28 bits per heavy atom. The third kappa shape index (κ3) is 12.9. The van der Waals surface area contributed by atoms with E-state index in [1.165, 1.54) is 26.2 Å². The number of ether oxygens (including phenoxy) is 3. The Balaban J connectivity index is 1.32. The van der Waals surface area contributed by atoms with Crippen LogP contribution in [0.4, 0.5) is 0 Å². The Labute approximate surface area is 327 Å². The quantitative estimate of drug-likeness (QED) is 0.0580. The summed E-state index contributed by atoms with van der Waals surface area (Å²) < 4.78 is 68.9. The van der Waals surface area contributed by atoms with Gasteiger partial charge >= 0.3 is 32.8 Å². The highest BCUT2D eigenvalue weighted by Gasteiger charge is 2.41. The maximum absolute atomic E-state index is 13.9. The molecule has 0 aliphatic carbocycles. The summed E-state index contributed by atoms with van der Waals surface area (Å²) in [4.78, 5) is 65.4. The van der Waals surface area contributed by atoms with Crippen molar-refractivity contribution in [1.82, 2.24) is 29.3 Å². The number of aromatic amines is 2. The van der Waals surface area contributed by atoms with Crippen molar-refractivity contribution in [3.05, 3.63) is 65.2 Å². The van der Waals surface area contributed by atoms with Crippen LogP contribution in [0.3, 0.4) is 0 Å². The van der Waals surface area contributed by atoms with Gasteiger partial charge in [0.05, 0.1) is 44.7 Å². The van der Waals surface area contributed by atoms with Crippen LogP contribution in [0.2, 0.25) is 0 Å². The molecule has 6 N–H and O–H groups in total. The molecule has 22 nitrogen and oxygen atoms in total. The number of aliphatic hydroxyl groups is 2. The van der Waals surface area contributed by atoms with E-state index in [9.17, 15) is 43.3 Å². The molecule has 0 saturated carbocycles. The van der Waals surface area contributed by atoms with E-state index in [4.69, 9.17) is 32.3 Å². The zero-order chi connectivity index (χ0) is 42.2. The van der Waals surface area contributed by atoms with Crippen LogP contribution in [0, 0.1) is 13.8 Å². The van der Waals surface area contributed by atoms with Crippen LogP contribution in [0.5, 0.6) is 0 Å². The number of esters is 1. The zero-order valence-electron chi connectivity index (χ0n) is 32.9. The van der Waals surface area contributed by atoms with Gasteiger partial charge in [0.1, 0.15) is 30.7 Å². The number of aliphatic hydroxyl groups excluding tert-OH is 2. The van der Waals surface area contributed by atoms with Gasteiger partial charge in [-0.1, -0.05) is 6.42 Å². The molecule has 2 aliphatic rings. The van der Waals surface area contributed by atoms with Crippen molar-refractivity contribution in [3.8, 4) is 0 Å². The summed E-state index contributed by atoms with van der Waals surface area (Å²) in [7, 11) is -7.10. The summed E-state index contributed by atoms with van der Waals surface area (Å²) in [5.74, 6) is -0.769. The first-order chi connectivity index (χ1) is 26.7. The molecule has 2 aliphatic heterocycles. The van der Waals surface area contributed by atoms with Crippen molar-refractivity contribution in [3.63, 3.8) is 0 Å². The zero-order valence-corrected chi connectivity index (χ0v) is 34.7. The van der Waals surface area contributed by atoms with Gasteiger partial charge in [-0.25, -0.2) is 28.9 Å². The SMILES string of the molecule is COC(=O)[C@H](CCCCNP(=O)(OC[C@H]1O[C@@H](n2cc(C)c(=O)[nH]c2=O)C[C@@H]1O)OC(C)C)NP(=O)(OC[C@H]1O[C@@H](n2cc(C)c(=O)[nH]c2=O)C[C@@H]1O)OC(C)C. The van der Waals surface area contributed by atoms with Crippen molar-refractivity contribution in [2.45, 2.75) is 129 Å². The third-order valence-electron chi connectivity index (χ3n) is 8.86. The minimum absolute atomic E-state index is 0.00890. The second kappa shape index (κ2) is 20.2. The molecular weight excluding hydrogens is 798 g/mol. The molecule has 4 rings (SSSR count). The summed E-state index contributed by atoms with van der Waals surface area (Å²) >= 11 is 0. The molecule has 2 unspecified atom stereocenters. The maximum atomic E-state index is 13.9. The van der Waals surface area contributed by atoms with Crippen molar-refractivity contribution in [2.24, 2.45) is 0 Å². The topological polar surface area (TPSA) is 290 Å². The average molecular weight is 853 g/mol. The van der Waals surface area contributed by atoms with Crippen LogP contribution in [-0.4, -0.2) is 105 Å². The van der Waals surface area contributed by atoms with Crippen molar-refractivity contribution < 1.29 is 56.4 Å². The molecule has 2 fully saturated rings. The van der Waals surface area contributed by atoms with Crippen molar-refractivity contribution in [1.29, 1.82) is 0 Å². The van der Waals surface area contributed by atoms with Gasteiger partial charge in [0.25, 0.3) is 11.1 Å². The van der Waals surface area contributed by atoms with E-state index in [1.807, 2.05) is 0 Å². The van der Waals surface area contributed by atoms with E-state index in [2.05, 4.69) is 20.1 Å². The van der Waals surface area contributed by atoms with E-state index in [-0.39, 0.29) is 43.5 Å². The van der Waals surface area contributed by atoms with Crippen LogP contribution in [0.25, 0.3) is 0 Å². The van der Waals surface area contributed by atoms with E-state index in [0.29, 0.717) is 12.8 Å². The number of hydrogen-bond donors (Lipinski definition) is 6. The molecule has 57 heavy (non-hydrogen) atoms. The number of aromatic nitrogens is 4. The minimum Gasteiger partial charge on any atom is -0.468 e. The lowest BCUT2D eigenvalue weighted by Crippen LogP contribution is -2.38. The van der Waals surface area contributed by atoms with Gasteiger partial charge in [-0.3, -0.25) is 51.6 Å². The fraction of sp³-hybridized carbons (Fsp3) is 0.727. The minimum atomic E-state index is -4.27. The van der Waals surface area contributed by atoms with Gasteiger partial charge in [-0.15, -0.1) is 0 Å². The van der Waals surface area contributed by atoms with Gasteiger partial charge in [0.2, 0.25) is 0 Å². The van der Waals surface area contributed by atoms with Gasteiger partial charge in [0.15, 0.2) is 0 Å². The van der Waals surface area contributed by atoms with Crippen LogP contribution >= 0.6 is 15.5 Å². The Bertz CT molecular complexity index is 2020. The Morgan fingerprint density at radius 1 is 0.825 bits per heavy atom. The van der Waals surface area contributed by atoms with E-state index in [0.717, 1.165) is 16.2 Å². The molecule has 0 bridgehead atoms. The largest absolute Gasteiger partial charge is 0.468 e. The Morgan fingerprint density at radius 3 is 1.74 bits per heavy atom. The van der Waals surface area contributed by atoms with Crippen LogP contribution in [-0.2, 0) is 46.2 Å². The van der Waals surface area contributed by atoms with Gasteiger partial charge in [-0.2, -0.15) is 0 Å². The number of nitrogens with zero attached hydrogens (tertiary/aromatic N) is 2. The monoisotopic (exact) mass is 852 g/mol. The highest BCUT2D eigenvalue weighted by Crippen LogP contribution is 2.48. The van der Waals surface area contributed by atoms with Gasteiger partial charge < -0.3 is 24.4 Å². The Kier molecular flexibility index (Phi) is 16.5. The fourth-order valence-electron chi connectivity index (χ4n) is 6.04. The molecular formula is C33H54N6O16P2. The lowest BCUT2D eigenvalue weighted by atomic mass is 10.1. The number of methoxy groups -OCH3 is 1. The molecule has 2 aromatic heterocycles. The molecule has 2 aromatic rings. The summed E-state index contributed by atoms with van der Waals surface area (Å²) in [5, 5.41) is 26.7.